The summed E-state index contributed by atoms with van der Waals surface area (Å²) in [7, 11) is 3.44. The molecule has 1 unspecified atom stereocenters. The minimum absolute atomic E-state index is 0.0236. The molecule has 0 spiro atoms. The van der Waals surface area contributed by atoms with E-state index in [1.54, 1.807) is 21.0 Å². The number of amides is 1. The van der Waals surface area contributed by atoms with E-state index >= 15 is 0 Å². The van der Waals surface area contributed by atoms with Crippen molar-refractivity contribution in [2.45, 2.75) is 45.3 Å². The van der Waals surface area contributed by atoms with Crippen LogP contribution < -0.4 is 5.73 Å². The maximum atomic E-state index is 11.5. The Balaban J connectivity index is 4.10. The largest absolute Gasteiger partial charge is 0.367 e. The van der Waals surface area contributed by atoms with E-state index < -0.39 is 6.10 Å². The van der Waals surface area contributed by atoms with Gasteiger partial charge in [0, 0.05) is 19.6 Å². The molecule has 0 bridgehead atoms. The first-order chi connectivity index (χ1) is 6.86. The van der Waals surface area contributed by atoms with Crippen molar-refractivity contribution in [3.8, 4) is 0 Å². The molecule has 0 aliphatic carbocycles. The van der Waals surface area contributed by atoms with Crippen LogP contribution in [0, 0.1) is 0 Å². The molecule has 0 aliphatic heterocycles. The van der Waals surface area contributed by atoms with Gasteiger partial charge >= 0.3 is 0 Å². The molecule has 2 N–H and O–H groups in total. The molecule has 4 nitrogen and oxygen atoms in total. The van der Waals surface area contributed by atoms with E-state index in [1.807, 2.05) is 13.8 Å². The van der Waals surface area contributed by atoms with Gasteiger partial charge in [-0.3, -0.25) is 4.79 Å². The Morgan fingerprint density at radius 1 is 1.40 bits per heavy atom. The molecule has 15 heavy (non-hydrogen) atoms. The summed E-state index contributed by atoms with van der Waals surface area (Å²) in [4.78, 5) is 13.0. The summed E-state index contributed by atoms with van der Waals surface area (Å²) in [5.41, 5.74) is 5.77. The molecule has 0 saturated heterocycles. The number of likely N-dealkylation sites (N-methyl/N-ethyl adjacent to an activating group) is 1. The molecular formula is C11H24N2O2. The number of ether oxygens (including phenoxy) is 1. The molecule has 0 heterocycles. The van der Waals surface area contributed by atoms with Gasteiger partial charge in [-0.2, -0.15) is 0 Å². The van der Waals surface area contributed by atoms with Gasteiger partial charge in [0.05, 0.1) is 6.61 Å². The molecule has 0 fully saturated rings. The molecule has 0 aromatic heterocycles. The Morgan fingerprint density at radius 3 is 2.20 bits per heavy atom. The van der Waals surface area contributed by atoms with Crippen LogP contribution in [0.25, 0.3) is 0 Å². The second kappa shape index (κ2) is 6.08. The Bertz CT molecular complexity index is 201. The molecule has 4 heteroatoms. The number of nitrogens with zero attached hydrogens (tertiary/aromatic N) is 1. The second-order valence-corrected chi connectivity index (χ2v) is 4.26. The Labute approximate surface area is 92.8 Å². The van der Waals surface area contributed by atoms with Crippen molar-refractivity contribution in [2.75, 3.05) is 20.7 Å². The molecule has 0 aliphatic rings. The molecular weight excluding hydrogens is 192 g/mol. The number of carbonyl (C=O) groups excluding carboxylic acids is 1. The maximum Gasteiger partial charge on any atom is 0.250 e. The normalized spacial score (nSPS) is 13.7. The zero-order chi connectivity index (χ0) is 12.1. The van der Waals surface area contributed by atoms with E-state index in [1.165, 1.54) is 4.90 Å². The van der Waals surface area contributed by atoms with Gasteiger partial charge in [-0.15, -0.1) is 0 Å². The first kappa shape index (κ1) is 14.4. The van der Waals surface area contributed by atoms with Crippen LogP contribution in [0.15, 0.2) is 0 Å². The van der Waals surface area contributed by atoms with E-state index in [9.17, 15) is 4.79 Å². The molecule has 0 aromatic rings. The third-order valence-corrected chi connectivity index (χ3v) is 2.82. The Morgan fingerprint density at radius 2 is 1.87 bits per heavy atom. The van der Waals surface area contributed by atoms with Gasteiger partial charge < -0.3 is 15.4 Å². The Hall–Kier alpha value is -0.610. The highest BCUT2D eigenvalue weighted by atomic mass is 16.5. The summed E-state index contributed by atoms with van der Waals surface area (Å²) < 4.78 is 5.50. The SMILES string of the molecule is CCC(N)(CC)COC(C)C(=O)N(C)C. The van der Waals surface area contributed by atoms with Crippen LogP contribution in [0.5, 0.6) is 0 Å². The molecule has 0 rings (SSSR count). The molecule has 0 saturated carbocycles. The van der Waals surface area contributed by atoms with Crippen molar-refractivity contribution in [3.63, 3.8) is 0 Å². The number of carbonyl (C=O) groups is 1. The van der Waals surface area contributed by atoms with Crippen LogP contribution in [0.1, 0.15) is 33.6 Å². The van der Waals surface area contributed by atoms with Crippen molar-refractivity contribution < 1.29 is 9.53 Å². The summed E-state index contributed by atoms with van der Waals surface area (Å²) in [5.74, 6) is -0.0236. The summed E-state index contributed by atoms with van der Waals surface area (Å²) in [6.45, 7) is 6.26. The van der Waals surface area contributed by atoms with E-state index in [0.717, 1.165) is 12.8 Å². The third-order valence-electron chi connectivity index (χ3n) is 2.82. The van der Waals surface area contributed by atoms with Crippen molar-refractivity contribution in [3.05, 3.63) is 0 Å². The highest BCUT2D eigenvalue weighted by molar-refractivity contribution is 5.79. The van der Waals surface area contributed by atoms with Gasteiger partial charge in [-0.05, 0) is 19.8 Å². The van der Waals surface area contributed by atoms with Gasteiger partial charge in [0.25, 0.3) is 5.91 Å². The molecule has 1 amide bonds. The number of hydrogen-bond acceptors (Lipinski definition) is 3. The van der Waals surface area contributed by atoms with E-state index in [4.69, 9.17) is 10.5 Å². The number of rotatable bonds is 6. The minimum atomic E-state index is -0.416. The van der Waals surface area contributed by atoms with E-state index in [-0.39, 0.29) is 11.4 Å². The van der Waals surface area contributed by atoms with Crippen LogP contribution in [-0.4, -0.2) is 43.2 Å². The number of nitrogens with two attached hydrogens (primary N) is 1. The zero-order valence-electron chi connectivity index (χ0n) is 10.5. The van der Waals surface area contributed by atoms with Gasteiger partial charge in [0.1, 0.15) is 6.10 Å². The first-order valence-electron chi connectivity index (χ1n) is 5.48. The summed E-state index contributed by atoms with van der Waals surface area (Å²) >= 11 is 0. The van der Waals surface area contributed by atoms with Crippen LogP contribution in [0.2, 0.25) is 0 Å². The summed E-state index contributed by atoms with van der Waals surface area (Å²) in [5, 5.41) is 0. The summed E-state index contributed by atoms with van der Waals surface area (Å²) in [6, 6.07) is 0. The van der Waals surface area contributed by atoms with E-state index in [2.05, 4.69) is 0 Å². The first-order valence-corrected chi connectivity index (χ1v) is 5.48. The average molecular weight is 216 g/mol. The van der Waals surface area contributed by atoms with E-state index in [0.29, 0.717) is 6.61 Å². The van der Waals surface area contributed by atoms with Crippen molar-refractivity contribution in [1.29, 1.82) is 0 Å². The van der Waals surface area contributed by atoms with Crippen LogP contribution in [-0.2, 0) is 9.53 Å². The lowest BCUT2D eigenvalue weighted by Crippen LogP contribution is -2.45. The van der Waals surface area contributed by atoms with Gasteiger partial charge in [-0.25, -0.2) is 0 Å². The fourth-order valence-electron chi connectivity index (χ4n) is 1.18. The lowest BCUT2D eigenvalue weighted by Gasteiger charge is -2.28. The van der Waals surface area contributed by atoms with Gasteiger partial charge in [0.2, 0.25) is 0 Å². The second-order valence-electron chi connectivity index (χ2n) is 4.26. The fourth-order valence-corrected chi connectivity index (χ4v) is 1.18. The molecule has 0 aromatic carbocycles. The highest BCUT2D eigenvalue weighted by Crippen LogP contribution is 2.12. The lowest BCUT2D eigenvalue weighted by atomic mass is 9.95. The smallest absolute Gasteiger partial charge is 0.250 e. The number of hydrogen-bond donors (Lipinski definition) is 1. The van der Waals surface area contributed by atoms with Gasteiger partial charge in [0.15, 0.2) is 0 Å². The van der Waals surface area contributed by atoms with Crippen LogP contribution in [0.3, 0.4) is 0 Å². The molecule has 1 atom stereocenters. The maximum absolute atomic E-state index is 11.5. The highest BCUT2D eigenvalue weighted by Gasteiger charge is 2.24. The van der Waals surface area contributed by atoms with Crippen LogP contribution >= 0.6 is 0 Å². The quantitative estimate of drug-likeness (QED) is 0.720. The molecule has 90 valence electrons. The van der Waals surface area contributed by atoms with Crippen molar-refractivity contribution >= 4 is 5.91 Å². The third kappa shape index (κ3) is 4.62. The van der Waals surface area contributed by atoms with Crippen molar-refractivity contribution in [2.24, 2.45) is 5.73 Å². The minimum Gasteiger partial charge on any atom is -0.367 e. The average Bonchev–Trinajstić information content (AvgIpc) is 2.24. The predicted molar refractivity (Wildman–Crippen MR) is 61.6 cm³/mol. The predicted octanol–water partition coefficient (Wildman–Crippen LogP) is 0.997. The standard InChI is InChI=1S/C11H24N2O2/c1-6-11(12,7-2)8-15-9(3)10(14)13(4)5/h9H,6-8,12H2,1-5H3. The fraction of sp³-hybridized carbons (Fsp3) is 0.909. The van der Waals surface area contributed by atoms with Gasteiger partial charge in [-0.1, -0.05) is 13.8 Å². The monoisotopic (exact) mass is 216 g/mol. The zero-order valence-corrected chi connectivity index (χ0v) is 10.5. The molecule has 0 radical (unpaired) electrons. The topological polar surface area (TPSA) is 55.6 Å². The van der Waals surface area contributed by atoms with Crippen molar-refractivity contribution in [1.82, 2.24) is 4.90 Å². The lowest BCUT2D eigenvalue weighted by molar-refractivity contribution is -0.141. The summed E-state index contributed by atoms with van der Waals surface area (Å²) in [6.07, 6.45) is 1.29. The Kier molecular flexibility index (Phi) is 5.83. The van der Waals surface area contributed by atoms with Crippen LogP contribution in [0.4, 0.5) is 0 Å².